The molecule has 1 aromatic carbocycles. The van der Waals surface area contributed by atoms with Gasteiger partial charge in [0.05, 0.1) is 12.0 Å². The highest BCUT2D eigenvalue weighted by atomic mass is 32.2. The normalized spacial score (nSPS) is 25.6. The Morgan fingerprint density at radius 3 is 3.00 bits per heavy atom. The Morgan fingerprint density at radius 1 is 1.50 bits per heavy atom. The van der Waals surface area contributed by atoms with Crippen LogP contribution in [0.15, 0.2) is 23.1 Å². The standard InChI is InChI=1S/C11H15NOS/c1-7-6-9(12)8-4-3-5-10(13-2)11(8)14-7/h3-5,7,9H,6,12H2,1-2H3. The van der Waals surface area contributed by atoms with Crippen LogP contribution in [0, 0.1) is 0 Å². The molecule has 2 nitrogen and oxygen atoms in total. The molecule has 0 aliphatic carbocycles. The zero-order chi connectivity index (χ0) is 10.1. The van der Waals surface area contributed by atoms with Crippen molar-refractivity contribution in [3.05, 3.63) is 23.8 Å². The van der Waals surface area contributed by atoms with E-state index < -0.39 is 0 Å². The fraction of sp³-hybridized carbons (Fsp3) is 0.455. The molecule has 2 rings (SSSR count). The van der Waals surface area contributed by atoms with Crippen molar-refractivity contribution in [3.63, 3.8) is 0 Å². The summed E-state index contributed by atoms with van der Waals surface area (Å²) in [6.45, 7) is 2.21. The van der Waals surface area contributed by atoms with Crippen molar-refractivity contribution in [2.75, 3.05) is 7.11 Å². The molecule has 0 bridgehead atoms. The molecule has 0 saturated heterocycles. The fourth-order valence-electron chi connectivity index (χ4n) is 1.85. The van der Waals surface area contributed by atoms with Gasteiger partial charge in [0, 0.05) is 11.3 Å². The van der Waals surface area contributed by atoms with E-state index in [-0.39, 0.29) is 6.04 Å². The molecule has 1 aliphatic heterocycles. The highest BCUT2D eigenvalue weighted by molar-refractivity contribution is 8.00. The van der Waals surface area contributed by atoms with Gasteiger partial charge < -0.3 is 10.5 Å². The van der Waals surface area contributed by atoms with Gasteiger partial charge in [-0.05, 0) is 18.1 Å². The van der Waals surface area contributed by atoms with Crippen molar-refractivity contribution in [1.29, 1.82) is 0 Å². The van der Waals surface area contributed by atoms with Crippen LogP contribution < -0.4 is 10.5 Å². The minimum Gasteiger partial charge on any atom is -0.496 e. The molecule has 2 atom stereocenters. The van der Waals surface area contributed by atoms with Crippen LogP contribution in [-0.4, -0.2) is 12.4 Å². The zero-order valence-corrected chi connectivity index (χ0v) is 9.30. The highest BCUT2D eigenvalue weighted by Crippen LogP contribution is 2.44. The number of nitrogens with two attached hydrogens (primary N) is 1. The fourth-order valence-corrected chi connectivity index (χ4v) is 3.17. The molecule has 0 fully saturated rings. The van der Waals surface area contributed by atoms with Crippen LogP contribution >= 0.6 is 11.8 Å². The summed E-state index contributed by atoms with van der Waals surface area (Å²) < 4.78 is 5.33. The SMILES string of the molecule is COc1cccc2c1SC(C)CC2N. The maximum absolute atomic E-state index is 6.09. The van der Waals surface area contributed by atoms with Gasteiger partial charge in [0.25, 0.3) is 0 Å². The smallest absolute Gasteiger partial charge is 0.132 e. The number of rotatable bonds is 1. The summed E-state index contributed by atoms with van der Waals surface area (Å²) in [5.41, 5.74) is 7.32. The third-order valence-corrected chi connectivity index (χ3v) is 3.80. The van der Waals surface area contributed by atoms with Crippen LogP contribution in [0.3, 0.4) is 0 Å². The van der Waals surface area contributed by atoms with Gasteiger partial charge in [-0.2, -0.15) is 0 Å². The van der Waals surface area contributed by atoms with E-state index in [1.54, 1.807) is 7.11 Å². The summed E-state index contributed by atoms with van der Waals surface area (Å²) >= 11 is 1.86. The average Bonchev–Trinajstić information content (AvgIpc) is 2.17. The van der Waals surface area contributed by atoms with Gasteiger partial charge in [-0.1, -0.05) is 19.1 Å². The molecule has 0 spiro atoms. The summed E-state index contributed by atoms with van der Waals surface area (Å²) in [7, 11) is 1.71. The maximum atomic E-state index is 6.09. The lowest BCUT2D eigenvalue weighted by Gasteiger charge is -2.27. The van der Waals surface area contributed by atoms with Gasteiger partial charge in [-0.15, -0.1) is 11.8 Å². The van der Waals surface area contributed by atoms with Gasteiger partial charge >= 0.3 is 0 Å². The van der Waals surface area contributed by atoms with E-state index >= 15 is 0 Å². The van der Waals surface area contributed by atoms with Gasteiger partial charge in [0.2, 0.25) is 0 Å². The lowest BCUT2D eigenvalue weighted by atomic mass is 10.0. The van der Waals surface area contributed by atoms with Gasteiger partial charge in [0.15, 0.2) is 0 Å². The van der Waals surface area contributed by atoms with E-state index in [0.717, 1.165) is 12.2 Å². The Kier molecular flexibility index (Phi) is 2.70. The lowest BCUT2D eigenvalue weighted by Crippen LogP contribution is -2.20. The summed E-state index contributed by atoms with van der Waals surface area (Å²) in [5, 5.41) is 0.578. The predicted molar refractivity (Wildman–Crippen MR) is 59.9 cm³/mol. The number of hydrogen-bond acceptors (Lipinski definition) is 3. The van der Waals surface area contributed by atoms with E-state index in [2.05, 4.69) is 13.0 Å². The molecule has 0 amide bonds. The van der Waals surface area contributed by atoms with Crippen molar-refractivity contribution < 1.29 is 4.74 Å². The lowest BCUT2D eigenvalue weighted by molar-refractivity contribution is 0.401. The molecular formula is C11H15NOS. The Hall–Kier alpha value is -0.670. The molecule has 0 saturated carbocycles. The van der Waals surface area contributed by atoms with Crippen molar-refractivity contribution in [2.24, 2.45) is 5.73 Å². The third-order valence-electron chi connectivity index (χ3n) is 2.53. The molecule has 1 aliphatic rings. The van der Waals surface area contributed by atoms with E-state index in [4.69, 9.17) is 10.5 Å². The molecule has 0 aromatic heterocycles. The molecule has 14 heavy (non-hydrogen) atoms. The zero-order valence-electron chi connectivity index (χ0n) is 8.49. The van der Waals surface area contributed by atoms with Crippen LogP contribution in [0.25, 0.3) is 0 Å². The van der Waals surface area contributed by atoms with Gasteiger partial charge in [0.1, 0.15) is 5.75 Å². The minimum absolute atomic E-state index is 0.163. The molecule has 2 unspecified atom stereocenters. The van der Waals surface area contributed by atoms with Crippen molar-refractivity contribution in [3.8, 4) is 5.75 Å². The molecule has 3 heteroatoms. The van der Waals surface area contributed by atoms with Gasteiger partial charge in [-0.25, -0.2) is 0 Å². The Morgan fingerprint density at radius 2 is 2.29 bits per heavy atom. The first-order valence-corrected chi connectivity index (χ1v) is 5.69. The van der Waals surface area contributed by atoms with E-state index in [1.165, 1.54) is 10.5 Å². The Balaban J connectivity index is 2.47. The highest BCUT2D eigenvalue weighted by Gasteiger charge is 2.24. The number of benzene rings is 1. The van der Waals surface area contributed by atoms with Crippen LogP contribution in [0.1, 0.15) is 24.9 Å². The molecule has 0 radical (unpaired) electrons. The maximum Gasteiger partial charge on any atom is 0.132 e. The predicted octanol–water partition coefficient (Wildman–Crippen LogP) is 2.58. The summed E-state index contributed by atoms with van der Waals surface area (Å²) in [5.74, 6) is 0.953. The summed E-state index contributed by atoms with van der Waals surface area (Å²) in [4.78, 5) is 1.22. The first kappa shape index (κ1) is 9.87. The molecule has 2 N–H and O–H groups in total. The van der Waals surface area contributed by atoms with E-state index in [0.29, 0.717) is 5.25 Å². The molecular weight excluding hydrogens is 194 g/mol. The largest absolute Gasteiger partial charge is 0.496 e. The number of ether oxygens (including phenoxy) is 1. The second-order valence-electron chi connectivity index (χ2n) is 3.65. The molecule has 76 valence electrons. The second-order valence-corrected chi connectivity index (χ2v) is 5.10. The number of methoxy groups -OCH3 is 1. The van der Waals surface area contributed by atoms with Gasteiger partial charge in [-0.3, -0.25) is 0 Å². The van der Waals surface area contributed by atoms with Crippen LogP contribution in [0.2, 0.25) is 0 Å². The first-order chi connectivity index (χ1) is 6.72. The number of fused-ring (bicyclic) bond motifs is 1. The quantitative estimate of drug-likeness (QED) is 0.772. The van der Waals surface area contributed by atoms with Crippen LogP contribution in [-0.2, 0) is 0 Å². The van der Waals surface area contributed by atoms with E-state index in [9.17, 15) is 0 Å². The Bertz CT molecular complexity index is 340. The van der Waals surface area contributed by atoms with Crippen molar-refractivity contribution in [2.45, 2.75) is 29.5 Å². The summed E-state index contributed by atoms with van der Waals surface area (Å²) in [6, 6.07) is 6.27. The van der Waals surface area contributed by atoms with E-state index in [1.807, 2.05) is 23.9 Å². The van der Waals surface area contributed by atoms with Crippen molar-refractivity contribution >= 4 is 11.8 Å². The molecule has 1 heterocycles. The first-order valence-electron chi connectivity index (χ1n) is 4.81. The Labute approximate surface area is 88.8 Å². The second kappa shape index (κ2) is 3.83. The van der Waals surface area contributed by atoms with Crippen molar-refractivity contribution in [1.82, 2.24) is 0 Å². The minimum atomic E-state index is 0.163. The number of hydrogen-bond donors (Lipinski definition) is 1. The van der Waals surface area contributed by atoms with Crippen LogP contribution in [0.4, 0.5) is 0 Å². The van der Waals surface area contributed by atoms with Crippen LogP contribution in [0.5, 0.6) is 5.75 Å². The molecule has 1 aromatic rings. The topological polar surface area (TPSA) is 35.2 Å². The number of thioether (sulfide) groups is 1. The summed E-state index contributed by atoms with van der Waals surface area (Å²) in [6.07, 6.45) is 1.05. The third kappa shape index (κ3) is 1.62. The average molecular weight is 209 g/mol. The monoisotopic (exact) mass is 209 g/mol.